The highest BCUT2D eigenvalue weighted by atomic mass is 35.5. The first-order valence-electron chi connectivity index (χ1n) is 7.41. The first kappa shape index (κ1) is 17.4. The number of rotatable bonds is 3. The molecule has 5 heteroatoms. The molecule has 0 N–H and O–H groups in total. The van der Waals surface area contributed by atoms with E-state index in [-0.39, 0.29) is 5.78 Å². The number of thioether (sulfide) groups is 1. The Bertz CT molecular complexity index is 839. The molecule has 2 nitrogen and oxygen atoms in total. The van der Waals surface area contributed by atoms with Gasteiger partial charge in [0.1, 0.15) is 5.76 Å². The van der Waals surface area contributed by atoms with Crippen LogP contribution in [-0.4, -0.2) is 17.6 Å². The molecule has 1 aliphatic heterocycles. The number of carbonyl (C=O) groups is 1. The number of hydrogen-bond acceptors (Lipinski definition) is 3. The minimum absolute atomic E-state index is 0.0510. The number of ether oxygens (including phenoxy) is 1. The van der Waals surface area contributed by atoms with Crippen LogP contribution < -0.4 is 0 Å². The van der Waals surface area contributed by atoms with Gasteiger partial charge in [-0.2, -0.15) is 0 Å². The third-order valence-corrected chi connectivity index (χ3v) is 5.38. The maximum absolute atomic E-state index is 12.9. The van der Waals surface area contributed by atoms with Crippen LogP contribution in [0.5, 0.6) is 0 Å². The molecule has 24 heavy (non-hydrogen) atoms. The summed E-state index contributed by atoms with van der Waals surface area (Å²) in [6.45, 7) is 3.55. The predicted octanol–water partition coefficient (Wildman–Crippen LogP) is 5.96. The highest BCUT2D eigenvalue weighted by molar-refractivity contribution is 7.98. The van der Waals surface area contributed by atoms with Gasteiger partial charge >= 0.3 is 0 Å². The molecule has 124 valence electrons. The van der Waals surface area contributed by atoms with Crippen molar-refractivity contribution in [1.82, 2.24) is 0 Å². The first-order valence-corrected chi connectivity index (χ1v) is 9.39. The SMILES string of the molecule is CSc1ccc(C2=C(c3ccc(Cl)cc3)C(=O)C(C)(C)O2)cc1Cl. The van der Waals surface area contributed by atoms with E-state index in [4.69, 9.17) is 27.9 Å². The fraction of sp³-hybridized carbons (Fsp3) is 0.211. The topological polar surface area (TPSA) is 26.3 Å². The van der Waals surface area contributed by atoms with Crippen LogP contribution >= 0.6 is 35.0 Å². The first-order chi connectivity index (χ1) is 11.3. The molecule has 0 amide bonds. The van der Waals surface area contributed by atoms with Crippen molar-refractivity contribution in [3.8, 4) is 0 Å². The molecule has 0 aliphatic carbocycles. The van der Waals surface area contributed by atoms with Gasteiger partial charge in [0, 0.05) is 15.5 Å². The maximum Gasteiger partial charge on any atom is 0.210 e. The number of hydrogen-bond donors (Lipinski definition) is 0. The van der Waals surface area contributed by atoms with Gasteiger partial charge in [-0.3, -0.25) is 4.79 Å². The molecule has 1 aliphatic rings. The molecule has 0 unspecified atom stereocenters. The van der Waals surface area contributed by atoms with E-state index in [1.807, 2.05) is 36.6 Å². The average molecular weight is 379 g/mol. The molecule has 2 aromatic rings. The Morgan fingerprint density at radius 3 is 2.21 bits per heavy atom. The largest absolute Gasteiger partial charge is 0.478 e. The lowest BCUT2D eigenvalue weighted by atomic mass is 9.93. The summed E-state index contributed by atoms with van der Waals surface area (Å²) < 4.78 is 6.00. The molecule has 2 aromatic carbocycles. The van der Waals surface area contributed by atoms with E-state index < -0.39 is 5.60 Å². The zero-order valence-corrected chi connectivity index (χ0v) is 15.9. The normalized spacial score (nSPS) is 16.5. The number of halogens is 2. The molecule has 1 heterocycles. The fourth-order valence-electron chi connectivity index (χ4n) is 2.65. The van der Waals surface area contributed by atoms with E-state index in [1.54, 1.807) is 37.7 Å². The summed E-state index contributed by atoms with van der Waals surface area (Å²) in [7, 11) is 0. The van der Waals surface area contributed by atoms with Gasteiger partial charge in [0.15, 0.2) is 5.60 Å². The standard InChI is InChI=1S/C19H16Cl2O2S/c1-19(2)18(22)16(11-4-7-13(20)8-5-11)17(23-19)12-6-9-15(24-3)14(21)10-12/h4-10H,1-3H3. The van der Waals surface area contributed by atoms with Crippen LogP contribution in [0, 0.1) is 0 Å². The van der Waals surface area contributed by atoms with E-state index in [0.717, 1.165) is 16.0 Å². The van der Waals surface area contributed by atoms with Gasteiger partial charge in [-0.25, -0.2) is 0 Å². The van der Waals surface area contributed by atoms with Crippen LogP contribution in [0.2, 0.25) is 10.0 Å². The predicted molar refractivity (Wildman–Crippen MR) is 102 cm³/mol. The Kier molecular flexibility index (Phi) is 4.69. The van der Waals surface area contributed by atoms with Crippen molar-refractivity contribution in [3.05, 3.63) is 63.6 Å². The van der Waals surface area contributed by atoms with Crippen molar-refractivity contribution in [3.63, 3.8) is 0 Å². The van der Waals surface area contributed by atoms with Gasteiger partial charge in [0.05, 0.1) is 10.6 Å². The summed E-state index contributed by atoms with van der Waals surface area (Å²) in [6.07, 6.45) is 1.97. The van der Waals surface area contributed by atoms with Gasteiger partial charge < -0.3 is 4.74 Å². The van der Waals surface area contributed by atoms with Crippen molar-refractivity contribution >= 4 is 52.1 Å². The van der Waals surface area contributed by atoms with Crippen molar-refractivity contribution < 1.29 is 9.53 Å². The minimum Gasteiger partial charge on any atom is -0.478 e. The lowest BCUT2D eigenvalue weighted by Gasteiger charge is -2.18. The van der Waals surface area contributed by atoms with Crippen LogP contribution in [0.4, 0.5) is 0 Å². The monoisotopic (exact) mass is 378 g/mol. The van der Waals surface area contributed by atoms with Gasteiger partial charge in [0.25, 0.3) is 0 Å². The highest BCUT2D eigenvalue weighted by Gasteiger charge is 2.42. The Labute approximate surface area is 155 Å². The van der Waals surface area contributed by atoms with E-state index in [1.165, 1.54) is 0 Å². The van der Waals surface area contributed by atoms with Gasteiger partial charge in [-0.05, 0) is 49.9 Å². The zero-order valence-electron chi connectivity index (χ0n) is 13.5. The van der Waals surface area contributed by atoms with Gasteiger partial charge in [0.2, 0.25) is 5.78 Å². The fourth-order valence-corrected chi connectivity index (χ4v) is 3.64. The van der Waals surface area contributed by atoms with E-state index in [0.29, 0.717) is 21.4 Å². The maximum atomic E-state index is 12.9. The molecule has 0 atom stereocenters. The molecule has 0 spiro atoms. The van der Waals surface area contributed by atoms with E-state index in [9.17, 15) is 4.79 Å². The second-order valence-electron chi connectivity index (χ2n) is 6.00. The Morgan fingerprint density at radius 2 is 1.62 bits per heavy atom. The number of benzene rings is 2. The summed E-state index contributed by atoms with van der Waals surface area (Å²) in [4.78, 5) is 13.8. The Balaban J connectivity index is 2.18. The van der Waals surface area contributed by atoms with Crippen LogP contribution in [-0.2, 0) is 9.53 Å². The third-order valence-electron chi connectivity index (χ3n) is 3.91. The molecule has 0 fully saturated rings. The number of ketones is 1. The van der Waals surface area contributed by atoms with Crippen LogP contribution in [0.25, 0.3) is 11.3 Å². The van der Waals surface area contributed by atoms with Crippen molar-refractivity contribution in [1.29, 1.82) is 0 Å². The molecule has 0 aromatic heterocycles. The summed E-state index contributed by atoms with van der Waals surface area (Å²) >= 11 is 13.9. The van der Waals surface area contributed by atoms with Gasteiger partial charge in [-0.1, -0.05) is 41.4 Å². The molecule has 0 saturated heterocycles. The van der Waals surface area contributed by atoms with E-state index in [2.05, 4.69) is 0 Å². The second-order valence-corrected chi connectivity index (χ2v) is 7.69. The van der Waals surface area contributed by atoms with Crippen molar-refractivity contribution in [2.75, 3.05) is 6.26 Å². The molecule has 0 saturated carbocycles. The minimum atomic E-state index is -0.908. The van der Waals surface area contributed by atoms with Crippen LogP contribution in [0.3, 0.4) is 0 Å². The Morgan fingerprint density at radius 1 is 1.00 bits per heavy atom. The summed E-state index contributed by atoms with van der Waals surface area (Å²) in [6, 6.07) is 12.9. The molecule has 0 bridgehead atoms. The molecular formula is C19H16Cl2O2S. The van der Waals surface area contributed by atoms with E-state index >= 15 is 0 Å². The molecule has 3 rings (SSSR count). The van der Waals surface area contributed by atoms with Crippen LogP contribution in [0.15, 0.2) is 47.4 Å². The quantitative estimate of drug-likeness (QED) is 0.616. The van der Waals surface area contributed by atoms with Crippen molar-refractivity contribution in [2.24, 2.45) is 0 Å². The smallest absolute Gasteiger partial charge is 0.210 e. The highest BCUT2D eigenvalue weighted by Crippen LogP contribution is 2.42. The number of Topliss-reactive ketones (excluding diaryl/α,β-unsaturated/α-hetero) is 1. The summed E-state index contributed by atoms with van der Waals surface area (Å²) in [5.41, 5.74) is 1.23. The van der Waals surface area contributed by atoms with Gasteiger partial charge in [-0.15, -0.1) is 11.8 Å². The average Bonchev–Trinajstić information content (AvgIpc) is 2.79. The lowest BCUT2D eigenvalue weighted by molar-refractivity contribution is -0.125. The lowest BCUT2D eigenvalue weighted by Crippen LogP contribution is -2.29. The molecular weight excluding hydrogens is 363 g/mol. The number of carbonyl (C=O) groups excluding carboxylic acids is 1. The Hall–Kier alpha value is -1.42. The zero-order chi connectivity index (χ0) is 17.5. The molecule has 0 radical (unpaired) electrons. The third kappa shape index (κ3) is 3.08. The van der Waals surface area contributed by atoms with Crippen molar-refractivity contribution in [2.45, 2.75) is 24.3 Å². The second kappa shape index (κ2) is 6.47. The summed E-state index contributed by atoms with van der Waals surface area (Å²) in [5.74, 6) is 0.506. The summed E-state index contributed by atoms with van der Waals surface area (Å²) in [5, 5.41) is 1.27. The van der Waals surface area contributed by atoms with Crippen LogP contribution in [0.1, 0.15) is 25.0 Å².